The van der Waals surface area contributed by atoms with E-state index in [1.165, 1.54) is 10.3 Å². The minimum atomic E-state index is -0.193. The van der Waals surface area contributed by atoms with Crippen LogP contribution in [0.3, 0.4) is 0 Å². The van der Waals surface area contributed by atoms with E-state index in [-0.39, 0.29) is 5.69 Å². The van der Waals surface area contributed by atoms with Gasteiger partial charge in [-0.25, -0.2) is 4.79 Å². The molecule has 5 heteroatoms. The summed E-state index contributed by atoms with van der Waals surface area (Å²) in [5, 5.41) is 4.56. The van der Waals surface area contributed by atoms with Crippen LogP contribution >= 0.6 is 0 Å². The van der Waals surface area contributed by atoms with Gasteiger partial charge in [0.05, 0.1) is 0 Å². The normalized spacial score (nSPS) is 14.5. The molecule has 0 saturated heterocycles. The number of aromatic amines is 1. The molecule has 3 N–H and O–H groups in total. The van der Waals surface area contributed by atoms with Crippen LogP contribution in [-0.4, -0.2) is 14.8 Å². The van der Waals surface area contributed by atoms with E-state index in [4.69, 9.17) is 5.73 Å². The molecule has 0 bridgehead atoms. The van der Waals surface area contributed by atoms with Crippen LogP contribution < -0.4 is 11.4 Å². The number of aromatic nitrogens is 3. The van der Waals surface area contributed by atoms with E-state index in [2.05, 4.69) is 23.1 Å². The van der Waals surface area contributed by atoms with Gasteiger partial charge in [0.15, 0.2) is 5.82 Å². The number of nitrogens with one attached hydrogen (secondary N) is 1. The van der Waals surface area contributed by atoms with Gasteiger partial charge in [0, 0.05) is 17.8 Å². The molecule has 0 radical (unpaired) electrons. The van der Waals surface area contributed by atoms with Gasteiger partial charge in [0.1, 0.15) is 0 Å². The van der Waals surface area contributed by atoms with Crippen LogP contribution in [0, 0.1) is 13.8 Å². The number of hydrogen-bond donors (Lipinski definition) is 2. The van der Waals surface area contributed by atoms with Gasteiger partial charge in [0.2, 0.25) is 0 Å². The van der Waals surface area contributed by atoms with Crippen LogP contribution in [0.4, 0.5) is 0 Å². The molecule has 0 fully saturated rings. The van der Waals surface area contributed by atoms with Crippen molar-refractivity contribution in [3.63, 3.8) is 0 Å². The van der Waals surface area contributed by atoms with Crippen molar-refractivity contribution in [1.82, 2.24) is 14.8 Å². The van der Waals surface area contributed by atoms with Crippen LogP contribution in [0.1, 0.15) is 42.9 Å². The zero-order valence-corrected chi connectivity index (χ0v) is 14.5. The maximum atomic E-state index is 12.4. The van der Waals surface area contributed by atoms with Crippen molar-refractivity contribution in [2.24, 2.45) is 5.73 Å². The number of hydrogen-bond acceptors (Lipinski definition) is 3. The fourth-order valence-corrected chi connectivity index (χ4v) is 3.25. The molecule has 5 nitrogen and oxygen atoms in total. The van der Waals surface area contributed by atoms with Gasteiger partial charge in [0.25, 0.3) is 0 Å². The Hall–Kier alpha value is -2.40. The molecule has 0 spiro atoms. The third kappa shape index (κ3) is 2.87. The van der Waals surface area contributed by atoms with Gasteiger partial charge in [-0.3, -0.25) is 4.98 Å². The average molecular weight is 324 g/mol. The number of rotatable bonds is 4. The van der Waals surface area contributed by atoms with E-state index >= 15 is 0 Å². The molecule has 0 saturated carbocycles. The first kappa shape index (κ1) is 16.5. The molecular weight excluding hydrogens is 300 g/mol. The molecular formula is C19H24N4O. The van der Waals surface area contributed by atoms with Crippen LogP contribution in [0.2, 0.25) is 0 Å². The summed E-state index contributed by atoms with van der Waals surface area (Å²) < 4.78 is 1.49. The Labute approximate surface area is 141 Å². The molecule has 0 aliphatic heterocycles. The number of allylic oxidation sites excluding steroid dienone is 4. The van der Waals surface area contributed by atoms with Gasteiger partial charge in [-0.2, -0.15) is 4.68 Å². The van der Waals surface area contributed by atoms with Gasteiger partial charge in [-0.15, -0.1) is 5.10 Å². The molecule has 0 amide bonds. The Kier molecular flexibility index (Phi) is 4.53. The van der Waals surface area contributed by atoms with Crippen molar-refractivity contribution in [3.8, 4) is 11.4 Å². The first-order valence-corrected chi connectivity index (χ1v) is 8.43. The number of H-pyrrole nitrogens is 1. The maximum Gasteiger partial charge on any atom is 0.348 e. The fraction of sp³-hybridized carbons (Fsp3) is 0.368. The lowest BCUT2D eigenvalue weighted by Crippen LogP contribution is -2.18. The number of aryl methyl sites for hydroxylation is 1. The second-order valence-corrected chi connectivity index (χ2v) is 6.27. The Morgan fingerprint density at radius 1 is 1.25 bits per heavy atom. The Morgan fingerprint density at radius 2 is 2.04 bits per heavy atom. The lowest BCUT2D eigenvalue weighted by Gasteiger charge is -2.13. The van der Waals surface area contributed by atoms with Crippen molar-refractivity contribution in [2.45, 2.75) is 46.6 Å². The van der Waals surface area contributed by atoms with Crippen molar-refractivity contribution in [1.29, 1.82) is 0 Å². The molecule has 1 aliphatic rings. The lowest BCUT2D eigenvalue weighted by atomic mass is 9.97. The smallest absolute Gasteiger partial charge is 0.326 e. The minimum absolute atomic E-state index is 0.193. The molecule has 0 unspecified atom stereocenters. The second-order valence-electron chi connectivity index (χ2n) is 6.27. The van der Waals surface area contributed by atoms with Gasteiger partial charge < -0.3 is 5.73 Å². The first-order chi connectivity index (χ1) is 11.5. The summed E-state index contributed by atoms with van der Waals surface area (Å²) in [6, 6.07) is 4.06. The molecule has 3 rings (SSSR count). The molecule has 1 aromatic carbocycles. The van der Waals surface area contributed by atoms with E-state index < -0.39 is 0 Å². The van der Waals surface area contributed by atoms with E-state index in [1.807, 2.05) is 32.1 Å². The number of nitrogens with two attached hydrogens (primary N) is 1. The zero-order valence-electron chi connectivity index (χ0n) is 14.5. The van der Waals surface area contributed by atoms with Gasteiger partial charge >= 0.3 is 5.69 Å². The average Bonchev–Trinajstić information content (AvgIpc) is 2.96. The Morgan fingerprint density at radius 3 is 2.67 bits per heavy atom. The molecule has 2 aromatic rings. The highest BCUT2D eigenvalue weighted by Crippen LogP contribution is 2.27. The summed E-state index contributed by atoms with van der Waals surface area (Å²) in [6.07, 6.45) is 6.98. The Balaban J connectivity index is 2.07. The molecule has 24 heavy (non-hydrogen) atoms. The highest BCUT2D eigenvalue weighted by atomic mass is 16.1. The molecule has 1 aromatic heterocycles. The monoisotopic (exact) mass is 324 g/mol. The van der Waals surface area contributed by atoms with Crippen molar-refractivity contribution >= 4 is 5.70 Å². The highest BCUT2D eigenvalue weighted by Gasteiger charge is 2.17. The van der Waals surface area contributed by atoms with E-state index in [0.29, 0.717) is 12.4 Å². The van der Waals surface area contributed by atoms with E-state index in [0.717, 1.165) is 47.2 Å². The van der Waals surface area contributed by atoms with Gasteiger partial charge in [-0.1, -0.05) is 30.7 Å². The predicted octanol–water partition coefficient (Wildman–Crippen LogP) is 3.29. The van der Waals surface area contributed by atoms with Crippen LogP contribution in [0.5, 0.6) is 0 Å². The third-order valence-corrected chi connectivity index (χ3v) is 4.80. The third-order valence-electron chi connectivity index (χ3n) is 4.80. The maximum absolute atomic E-state index is 12.4. The number of nitrogens with zero attached hydrogens (tertiary/aromatic N) is 2. The van der Waals surface area contributed by atoms with Crippen LogP contribution in [-0.2, 0) is 6.54 Å². The summed E-state index contributed by atoms with van der Waals surface area (Å²) in [5.74, 6) is 0.608. The second kappa shape index (κ2) is 6.61. The van der Waals surface area contributed by atoms with Gasteiger partial charge in [-0.05, 0) is 55.9 Å². The lowest BCUT2D eigenvalue weighted by molar-refractivity contribution is 0.787. The minimum Gasteiger partial charge on any atom is -0.326 e. The Bertz CT molecular complexity index is 883. The fourth-order valence-electron chi connectivity index (χ4n) is 3.25. The quantitative estimate of drug-likeness (QED) is 0.906. The van der Waals surface area contributed by atoms with Crippen molar-refractivity contribution < 1.29 is 0 Å². The highest BCUT2D eigenvalue weighted by molar-refractivity contribution is 5.66. The topological polar surface area (TPSA) is 76.7 Å². The summed E-state index contributed by atoms with van der Waals surface area (Å²) >= 11 is 0. The number of benzene rings is 1. The van der Waals surface area contributed by atoms with Crippen LogP contribution in [0.25, 0.3) is 17.1 Å². The molecule has 0 atom stereocenters. The summed E-state index contributed by atoms with van der Waals surface area (Å²) in [7, 11) is 0. The summed E-state index contributed by atoms with van der Waals surface area (Å²) in [4.78, 5) is 15.3. The van der Waals surface area contributed by atoms with Crippen molar-refractivity contribution in [2.75, 3.05) is 0 Å². The molecule has 1 aliphatic carbocycles. The van der Waals surface area contributed by atoms with Crippen molar-refractivity contribution in [3.05, 3.63) is 57.0 Å². The summed E-state index contributed by atoms with van der Waals surface area (Å²) in [5.41, 5.74) is 12.2. The largest absolute Gasteiger partial charge is 0.348 e. The zero-order chi connectivity index (χ0) is 17.3. The molecule has 126 valence electrons. The van der Waals surface area contributed by atoms with E-state index in [9.17, 15) is 4.79 Å². The standard InChI is InChI=1S/C19H24N4O/c1-4-14-6-9-16(10-7-14)23-19(24)21-18(22-23)17-12(2)5-8-15(11-20)13(17)3/h5-6,8-9H,4,7,10-11,20H2,1-3H3,(H,21,22,24). The summed E-state index contributed by atoms with van der Waals surface area (Å²) in [6.45, 7) is 6.67. The SMILES string of the molecule is CCC1=CC=C(n2nc(-c3c(C)ccc(CN)c3C)[nH]c2=O)CC1. The predicted molar refractivity (Wildman–Crippen MR) is 97.5 cm³/mol. The first-order valence-electron chi connectivity index (χ1n) is 8.43. The van der Waals surface area contributed by atoms with E-state index in [1.54, 1.807) is 0 Å². The molecule has 1 heterocycles. The van der Waals surface area contributed by atoms with Crippen LogP contribution in [0.15, 0.2) is 34.7 Å².